The zero-order chi connectivity index (χ0) is 12.1. The smallest absolute Gasteiger partial charge is 0.293 e. The highest BCUT2D eigenvalue weighted by molar-refractivity contribution is 7.80. The molecule has 0 atom stereocenters. The summed E-state index contributed by atoms with van der Waals surface area (Å²) in [4.78, 5) is 10.2. The van der Waals surface area contributed by atoms with E-state index in [1.54, 1.807) is 13.0 Å². The largest absolute Gasteiger partial charge is 0.393 e. The Kier molecular flexibility index (Phi) is 4.20. The number of aryl methyl sites for hydroxylation is 1. The molecule has 0 saturated heterocycles. The number of nitrogens with zero attached hydrogens (tertiary/aromatic N) is 1. The van der Waals surface area contributed by atoms with E-state index < -0.39 is 4.92 Å². The highest BCUT2D eigenvalue weighted by atomic mass is 32.1. The lowest BCUT2D eigenvalue weighted by Crippen LogP contribution is -1.98. The first kappa shape index (κ1) is 12.4. The highest BCUT2D eigenvalue weighted by Crippen LogP contribution is 2.26. The summed E-state index contributed by atoms with van der Waals surface area (Å²) in [5.74, 6) is 6.39. The van der Waals surface area contributed by atoms with E-state index in [1.807, 2.05) is 0 Å². The Morgan fingerprint density at radius 3 is 2.81 bits per heavy atom. The first-order valence-electron chi connectivity index (χ1n) is 4.70. The summed E-state index contributed by atoms with van der Waals surface area (Å²) in [6.07, 6.45) is 0.653. The van der Waals surface area contributed by atoms with E-state index in [2.05, 4.69) is 24.5 Å². The number of hydrogen-bond acceptors (Lipinski definition) is 4. The fraction of sp³-hybridized carbons (Fsp3) is 0.273. The fourth-order valence-corrected chi connectivity index (χ4v) is 1.34. The van der Waals surface area contributed by atoms with Crippen molar-refractivity contribution in [3.63, 3.8) is 0 Å². The molecule has 0 radical (unpaired) electrons. The normalized spacial score (nSPS) is 9.38. The van der Waals surface area contributed by atoms with Crippen molar-refractivity contribution in [3.05, 3.63) is 33.4 Å². The van der Waals surface area contributed by atoms with Gasteiger partial charge >= 0.3 is 0 Å². The number of nitro benzene ring substituents is 1. The summed E-state index contributed by atoms with van der Waals surface area (Å²) in [7, 11) is 0. The number of nitro groups is 1. The molecule has 0 amide bonds. The number of anilines is 1. The lowest BCUT2D eigenvalue weighted by molar-refractivity contribution is -0.383. The molecule has 0 aromatic heterocycles. The van der Waals surface area contributed by atoms with Crippen LogP contribution >= 0.6 is 12.6 Å². The van der Waals surface area contributed by atoms with Crippen LogP contribution in [0.2, 0.25) is 0 Å². The third-order valence-corrected chi connectivity index (χ3v) is 2.25. The van der Waals surface area contributed by atoms with Crippen LogP contribution in [0, 0.1) is 28.9 Å². The molecule has 0 aliphatic carbocycles. The molecule has 2 N–H and O–H groups in total. The van der Waals surface area contributed by atoms with E-state index in [-0.39, 0.29) is 11.4 Å². The minimum Gasteiger partial charge on any atom is -0.393 e. The Morgan fingerprint density at radius 1 is 1.56 bits per heavy atom. The van der Waals surface area contributed by atoms with Crippen LogP contribution in [0.1, 0.15) is 17.5 Å². The van der Waals surface area contributed by atoms with Crippen molar-refractivity contribution in [2.24, 2.45) is 0 Å². The third kappa shape index (κ3) is 2.91. The average Bonchev–Trinajstić information content (AvgIpc) is 2.23. The highest BCUT2D eigenvalue weighted by Gasteiger charge is 2.14. The van der Waals surface area contributed by atoms with Crippen LogP contribution in [0.5, 0.6) is 0 Å². The van der Waals surface area contributed by atoms with E-state index in [0.29, 0.717) is 23.3 Å². The van der Waals surface area contributed by atoms with Crippen molar-refractivity contribution in [2.75, 3.05) is 11.5 Å². The van der Waals surface area contributed by atoms with Crippen molar-refractivity contribution < 1.29 is 4.92 Å². The molecule has 0 fully saturated rings. The summed E-state index contributed by atoms with van der Waals surface area (Å²) in [5.41, 5.74) is 7.00. The standard InChI is InChI=1S/C11H12N2O2S/c1-8-6-9(4-2-3-5-16)7-10(11(8)12)13(14)15/h6-7,16H,3,5,12H2,1H3. The van der Waals surface area contributed by atoms with Crippen LogP contribution in [0.3, 0.4) is 0 Å². The number of thiol groups is 1. The van der Waals surface area contributed by atoms with Gasteiger partial charge in [0, 0.05) is 23.8 Å². The first-order valence-corrected chi connectivity index (χ1v) is 5.33. The zero-order valence-corrected chi connectivity index (χ0v) is 9.75. The van der Waals surface area contributed by atoms with Crippen molar-refractivity contribution in [1.29, 1.82) is 0 Å². The van der Waals surface area contributed by atoms with Gasteiger partial charge < -0.3 is 5.73 Å². The minimum absolute atomic E-state index is 0.0878. The van der Waals surface area contributed by atoms with Gasteiger partial charge in [0.15, 0.2) is 0 Å². The van der Waals surface area contributed by atoms with Gasteiger partial charge in [0.05, 0.1) is 4.92 Å². The quantitative estimate of drug-likeness (QED) is 0.272. The van der Waals surface area contributed by atoms with Gasteiger partial charge in [-0.2, -0.15) is 12.6 Å². The molecule has 4 nitrogen and oxygen atoms in total. The van der Waals surface area contributed by atoms with Crippen LogP contribution in [0.15, 0.2) is 12.1 Å². The topological polar surface area (TPSA) is 69.2 Å². The second-order valence-corrected chi connectivity index (χ2v) is 3.71. The minimum atomic E-state index is -0.494. The molecule has 0 saturated carbocycles. The van der Waals surface area contributed by atoms with E-state index in [4.69, 9.17) is 5.73 Å². The van der Waals surface area contributed by atoms with Gasteiger partial charge in [0.25, 0.3) is 5.69 Å². The fourth-order valence-electron chi connectivity index (χ4n) is 1.22. The Bertz CT molecular complexity index is 475. The summed E-state index contributed by atoms with van der Waals surface area (Å²) < 4.78 is 0. The maximum atomic E-state index is 10.7. The molecule has 84 valence electrons. The molecule has 5 heteroatoms. The summed E-state index contributed by atoms with van der Waals surface area (Å²) in [5, 5.41) is 10.7. The predicted octanol–water partition coefficient (Wildman–Crippen LogP) is 2.16. The van der Waals surface area contributed by atoms with Crippen molar-refractivity contribution >= 4 is 24.0 Å². The second kappa shape index (κ2) is 5.42. The molecule has 1 rings (SSSR count). The first-order chi connectivity index (χ1) is 7.56. The van der Waals surface area contributed by atoms with Gasteiger partial charge in [-0.05, 0) is 18.6 Å². The maximum Gasteiger partial charge on any atom is 0.293 e. The Labute approximate surface area is 99.4 Å². The van der Waals surface area contributed by atoms with E-state index in [0.717, 1.165) is 0 Å². The van der Waals surface area contributed by atoms with Crippen molar-refractivity contribution in [3.8, 4) is 11.8 Å². The van der Waals surface area contributed by atoms with Gasteiger partial charge in [-0.3, -0.25) is 10.1 Å². The molecule has 0 unspecified atom stereocenters. The van der Waals surface area contributed by atoms with Crippen LogP contribution in [-0.4, -0.2) is 10.7 Å². The van der Waals surface area contributed by atoms with Crippen molar-refractivity contribution in [2.45, 2.75) is 13.3 Å². The summed E-state index contributed by atoms with van der Waals surface area (Å²) >= 11 is 4.03. The number of benzene rings is 1. The van der Waals surface area contributed by atoms with E-state index in [9.17, 15) is 10.1 Å². The molecule has 0 bridgehead atoms. The molecule has 1 aromatic rings. The molecule has 1 aromatic carbocycles. The summed E-state index contributed by atoms with van der Waals surface area (Å²) in [6, 6.07) is 3.14. The summed E-state index contributed by atoms with van der Waals surface area (Å²) in [6.45, 7) is 1.73. The Balaban J connectivity index is 3.15. The number of nitrogens with two attached hydrogens (primary N) is 1. The molecular weight excluding hydrogens is 224 g/mol. The number of hydrogen-bond donors (Lipinski definition) is 2. The Morgan fingerprint density at radius 2 is 2.25 bits per heavy atom. The predicted molar refractivity (Wildman–Crippen MR) is 67.6 cm³/mol. The van der Waals surface area contributed by atoms with Crippen LogP contribution in [-0.2, 0) is 0 Å². The third-order valence-electron chi connectivity index (χ3n) is 2.03. The molecule has 0 aliphatic rings. The average molecular weight is 236 g/mol. The molecule has 16 heavy (non-hydrogen) atoms. The van der Waals surface area contributed by atoms with Gasteiger partial charge in [-0.1, -0.05) is 11.8 Å². The second-order valence-electron chi connectivity index (χ2n) is 3.26. The molecule has 0 heterocycles. The van der Waals surface area contributed by atoms with Crippen LogP contribution in [0.4, 0.5) is 11.4 Å². The Hall–Kier alpha value is -1.67. The molecule has 0 aliphatic heterocycles. The van der Waals surface area contributed by atoms with Gasteiger partial charge in [0.2, 0.25) is 0 Å². The molecule has 0 spiro atoms. The zero-order valence-electron chi connectivity index (χ0n) is 8.86. The van der Waals surface area contributed by atoms with Gasteiger partial charge in [-0.25, -0.2) is 0 Å². The van der Waals surface area contributed by atoms with Gasteiger partial charge in [-0.15, -0.1) is 0 Å². The van der Waals surface area contributed by atoms with Crippen LogP contribution in [0.25, 0.3) is 0 Å². The SMILES string of the molecule is Cc1cc(C#CCCS)cc([N+](=O)[O-])c1N. The van der Waals surface area contributed by atoms with Crippen LogP contribution < -0.4 is 5.73 Å². The van der Waals surface area contributed by atoms with E-state index >= 15 is 0 Å². The lowest BCUT2D eigenvalue weighted by atomic mass is 10.1. The lowest BCUT2D eigenvalue weighted by Gasteiger charge is -2.01. The number of rotatable bonds is 2. The van der Waals surface area contributed by atoms with Crippen molar-refractivity contribution in [1.82, 2.24) is 0 Å². The number of nitrogen functional groups attached to an aromatic ring is 1. The van der Waals surface area contributed by atoms with Gasteiger partial charge in [0.1, 0.15) is 5.69 Å². The maximum absolute atomic E-state index is 10.7. The molecular formula is C11H12N2O2S. The monoisotopic (exact) mass is 236 g/mol. The van der Waals surface area contributed by atoms with E-state index in [1.165, 1.54) is 6.07 Å².